The topological polar surface area (TPSA) is 49.3 Å². The van der Waals surface area contributed by atoms with Gasteiger partial charge in [0.2, 0.25) is 0 Å². The molecule has 1 aromatic rings. The van der Waals surface area contributed by atoms with Crippen molar-refractivity contribution < 1.29 is 0 Å². The molecule has 4 nitrogen and oxygen atoms in total. The molecule has 0 saturated heterocycles. The number of aliphatic imine (C=N–C) groups is 1. The van der Waals surface area contributed by atoms with Crippen molar-refractivity contribution in [1.82, 2.24) is 15.6 Å². The van der Waals surface area contributed by atoms with Gasteiger partial charge in [0, 0.05) is 24.5 Å². The van der Waals surface area contributed by atoms with Gasteiger partial charge in [0.1, 0.15) is 0 Å². The molecule has 0 spiro atoms. The van der Waals surface area contributed by atoms with Gasteiger partial charge in [0.05, 0.1) is 12.2 Å². The maximum Gasteiger partial charge on any atom is 0.191 e. The van der Waals surface area contributed by atoms with E-state index in [9.17, 15) is 0 Å². The van der Waals surface area contributed by atoms with Gasteiger partial charge < -0.3 is 10.6 Å². The number of pyridine rings is 1. The van der Waals surface area contributed by atoms with Crippen LogP contribution in [0.5, 0.6) is 0 Å². The summed E-state index contributed by atoms with van der Waals surface area (Å²) in [5, 5.41) is 7.14. The highest BCUT2D eigenvalue weighted by Gasteiger charge is 2.01. The molecule has 0 radical (unpaired) electrons. The zero-order valence-electron chi connectivity index (χ0n) is 11.7. The second-order valence-electron chi connectivity index (χ2n) is 3.94. The first-order chi connectivity index (χ1) is 8.76. The highest BCUT2D eigenvalue weighted by atomic mass is 127. The molecular formula is C13H23IN4S. The van der Waals surface area contributed by atoms with Crippen LogP contribution in [0.1, 0.15) is 19.5 Å². The highest BCUT2D eigenvalue weighted by Crippen LogP contribution is 2.02. The van der Waals surface area contributed by atoms with Crippen molar-refractivity contribution in [1.29, 1.82) is 0 Å². The van der Waals surface area contributed by atoms with Gasteiger partial charge in [-0.25, -0.2) is 4.99 Å². The summed E-state index contributed by atoms with van der Waals surface area (Å²) in [6.07, 6.45) is 3.91. The quantitative estimate of drug-likeness (QED) is 0.442. The summed E-state index contributed by atoms with van der Waals surface area (Å²) in [5.74, 6) is 0.851. The number of aromatic nitrogens is 1. The molecule has 0 aliphatic rings. The zero-order chi connectivity index (χ0) is 13.2. The van der Waals surface area contributed by atoms with Crippen LogP contribution in [0.15, 0.2) is 29.4 Å². The minimum atomic E-state index is 0. The second-order valence-corrected chi connectivity index (χ2v) is 5.22. The van der Waals surface area contributed by atoms with Crippen molar-refractivity contribution in [3.63, 3.8) is 0 Å². The lowest BCUT2D eigenvalue weighted by atomic mass is 10.3. The van der Waals surface area contributed by atoms with Crippen molar-refractivity contribution in [3.8, 4) is 0 Å². The van der Waals surface area contributed by atoms with E-state index in [1.165, 1.54) is 0 Å². The number of guanidine groups is 1. The minimum Gasteiger partial charge on any atom is -0.357 e. The van der Waals surface area contributed by atoms with Gasteiger partial charge in [-0.1, -0.05) is 13.0 Å². The molecule has 0 aromatic carbocycles. The molecule has 0 bridgehead atoms. The highest BCUT2D eigenvalue weighted by molar-refractivity contribution is 14.0. The molecule has 108 valence electrons. The Labute approximate surface area is 137 Å². The standard InChI is InChI=1S/C13H22N4S.HI/c1-4-14-13(16-9-11(2)18-3)17-10-12-7-5-6-8-15-12;/h5-8,11H,4,9-10H2,1-3H3,(H2,14,16,17);1H. The maximum atomic E-state index is 4.51. The number of nitrogens with zero attached hydrogens (tertiary/aromatic N) is 2. The largest absolute Gasteiger partial charge is 0.357 e. The molecule has 1 heterocycles. The predicted octanol–water partition coefficient (Wildman–Crippen LogP) is 2.51. The third-order valence-corrected chi connectivity index (χ3v) is 3.40. The zero-order valence-corrected chi connectivity index (χ0v) is 14.9. The molecule has 0 saturated carbocycles. The van der Waals surface area contributed by atoms with Crippen LogP contribution in [-0.4, -0.2) is 35.5 Å². The molecule has 1 aromatic heterocycles. The van der Waals surface area contributed by atoms with Crippen molar-refractivity contribution in [2.24, 2.45) is 4.99 Å². The molecule has 0 amide bonds. The molecule has 19 heavy (non-hydrogen) atoms. The number of hydrogen-bond donors (Lipinski definition) is 2. The molecule has 6 heteroatoms. The van der Waals surface area contributed by atoms with E-state index in [0.717, 1.165) is 24.7 Å². The summed E-state index contributed by atoms with van der Waals surface area (Å²) in [6, 6.07) is 5.88. The van der Waals surface area contributed by atoms with E-state index >= 15 is 0 Å². The third-order valence-electron chi connectivity index (χ3n) is 2.43. The SMILES string of the molecule is CCNC(=NCc1ccccn1)NCC(C)SC.I. The number of halogens is 1. The Bertz CT molecular complexity index is 359. The Morgan fingerprint density at radius 2 is 2.21 bits per heavy atom. The number of nitrogens with one attached hydrogen (secondary N) is 2. The summed E-state index contributed by atoms with van der Waals surface area (Å²) >= 11 is 1.84. The normalized spacial score (nSPS) is 12.5. The van der Waals surface area contributed by atoms with Crippen LogP contribution in [0.3, 0.4) is 0 Å². The Morgan fingerprint density at radius 3 is 2.79 bits per heavy atom. The van der Waals surface area contributed by atoms with E-state index in [1.54, 1.807) is 6.20 Å². The van der Waals surface area contributed by atoms with Crippen molar-refractivity contribution in [2.45, 2.75) is 25.6 Å². The third kappa shape index (κ3) is 8.30. The number of thioether (sulfide) groups is 1. The lowest BCUT2D eigenvalue weighted by molar-refractivity contribution is 0.793. The average molecular weight is 394 g/mol. The Hall–Kier alpha value is -0.500. The molecule has 1 rings (SSSR count). The van der Waals surface area contributed by atoms with Gasteiger partial charge in [-0.15, -0.1) is 24.0 Å². The van der Waals surface area contributed by atoms with Crippen LogP contribution in [0, 0.1) is 0 Å². The van der Waals surface area contributed by atoms with Gasteiger partial charge in [-0.3, -0.25) is 4.98 Å². The van der Waals surface area contributed by atoms with Crippen LogP contribution in [-0.2, 0) is 6.54 Å². The van der Waals surface area contributed by atoms with Crippen LogP contribution in [0.2, 0.25) is 0 Å². The van der Waals surface area contributed by atoms with Gasteiger partial charge in [-0.05, 0) is 25.3 Å². The smallest absolute Gasteiger partial charge is 0.191 e. The fourth-order valence-corrected chi connectivity index (χ4v) is 1.57. The molecular weight excluding hydrogens is 371 g/mol. The predicted molar refractivity (Wildman–Crippen MR) is 95.4 cm³/mol. The van der Waals surface area contributed by atoms with Crippen molar-refractivity contribution in [3.05, 3.63) is 30.1 Å². The van der Waals surface area contributed by atoms with Gasteiger partial charge >= 0.3 is 0 Å². The van der Waals surface area contributed by atoms with E-state index in [2.05, 4.69) is 40.7 Å². The molecule has 0 aliphatic carbocycles. The van der Waals surface area contributed by atoms with Gasteiger partial charge in [0.15, 0.2) is 5.96 Å². The van der Waals surface area contributed by atoms with Crippen LogP contribution >= 0.6 is 35.7 Å². The number of hydrogen-bond acceptors (Lipinski definition) is 3. The molecule has 1 unspecified atom stereocenters. The summed E-state index contributed by atoms with van der Waals surface area (Å²) in [5.41, 5.74) is 0.979. The first-order valence-electron chi connectivity index (χ1n) is 6.21. The summed E-state index contributed by atoms with van der Waals surface area (Å²) in [7, 11) is 0. The molecule has 0 aliphatic heterocycles. The molecule has 2 N–H and O–H groups in total. The fourth-order valence-electron chi connectivity index (χ4n) is 1.32. The molecule has 0 fully saturated rings. The maximum absolute atomic E-state index is 4.51. The fraction of sp³-hybridized carbons (Fsp3) is 0.538. The van der Waals surface area contributed by atoms with Crippen molar-refractivity contribution in [2.75, 3.05) is 19.3 Å². The van der Waals surface area contributed by atoms with Gasteiger partial charge in [-0.2, -0.15) is 11.8 Å². The van der Waals surface area contributed by atoms with E-state index < -0.39 is 0 Å². The van der Waals surface area contributed by atoms with Gasteiger partial charge in [0.25, 0.3) is 0 Å². The lowest BCUT2D eigenvalue weighted by Gasteiger charge is -2.14. The first-order valence-corrected chi connectivity index (χ1v) is 7.50. The Kier molecular flexibility index (Phi) is 11.0. The van der Waals surface area contributed by atoms with E-state index in [1.807, 2.05) is 30.0 Å². The first kappa shape index (κ1) is 18.5. The Morgan fingerprint density at radius 1 is 1.42 bits per heavy atom. The lowest BCUT2D eigenvalue weighted by Crippen LogP contribution is -2.40. The summed E-state index contributed by atoms with van der Waals surface area (Å²) in [6.45, 7) is 6.64. The average Bonchev–Trinajstić information content (AvgIpc) is 2.42. The minimum absolute atomic E-state index is 0. The van der Waals surface area contributed by atoms with Crippen LogP contribution < -0.4 is 10.6 Å². The van der Waals surface area contributed by atoms with E-state index in [-0.39, 0.29) is 24.0 Å². The number of rotatable bonds is 6. The van der Waals surface area contributed by atoms with Crippen LogP contribution in [0.4, 0.5) is 0 Å². The van der Waals surface area contributed by atoms with E-state index in [0.29, 0.717) is 11.8 Å². The second kappa shape index (κ2) is 11.3. The van der Waals surface area contributed by atoms with Crippen molar-refractivity contribution >= 4 is 41.7 Å². The van der Waals surface area contributed by atoms with Crippen LogP contribution in [0.25, 0.3) is 0 Å². The Balaban J connectivity index is 0.00000324. The molecule has 1 atom stereocenters. The summed E-state index contributed by atoms with van der Waals surface area (Å²) in [4.78, 5) is 8.77. The monoisotopic (exact) mass is 394 g/mol. The van der Waals surface area contributed by atoms with E-state index in [4.69, 9.17) is 0 Å². The summed E-state index contributed by atoms with van der Waals surface area (Å²) < 4.78 is 0.